The fraction of sp³-hybridized carbons (Fsp3) is 0.588. The van der Waals surface area contributed by atoms with Crippen molar-refractivity contribution in [1.82, 2.24) is 16.0 Å². The number of carbonyl (C=O) groups excluding carboxylic acids is 5. The highest BCUT2D eigenvalue weighted by molar-refractivity contribution is 7.96. The summed E-state index contributed by atoms with van der Waals surface area (Å²) in [6.07, 6.45) is 0.123. The lowest BCUT2D eigenvalue weighted by Gasteiger charge is -2.25. The lowest BCUT2D eigenvalue weighted by molar-refractivity contribution is -0.132. The average molecular weight is 401 g/mol. The minimum absolute atomic E-state index is 0.0406. The van der Waals surface area contributed by atoms with Crippen LogP contribution in [0.2, 0.25) is 0 Å². The summed E-state index contributed by atoms with van der Waals surface area (Å²) in [7, 11) is 0. The van der Waals surface area contributed by atoms with Gasteiger partial charge in [0.1, 0.15) is 12.1 Å². The van der Waals surface area contributed by atoms with E-state index in [0.29, 0.717) is 5.57 Å². The summed E-state index contributed by atoms with van der Waals surface area (Å²) in [6, 6.07) is -2.54. The Morgan fingerprint density at radius 2 is 1.63 bits per heavy atom. The van der Waals surface area contributed by atoms with Gasteiger partial charge in [-0.2, -0.15) is 0 Å². The number of hydrogen-bond acceptors (Lipinski definition) is 5. The van der Waals surface area contributed by atoms with E-state index in [-0.39, 0.29) is 37.5 Å². The molecule has 10 heteroatoms. The van der Waals surface area contributed by atoms with Crippen molar-refractivity contribution in [3.63, 3.8) is 0 Å². The van der Waals surface area contributed by atoms with Gasteiger partial charge < -0.3 is 21.7 Å². The molecule has 0 radical (unpaired) electrons. The van der Waals surface area contributed by atoms with E-state index in [0.717, 1.165) is 0 Å². The molecule has 0 aromatic rings. The summed E-state index contributed by atoms with van der Waals surface area (Å²) in [5.41, 5.74) is 5.38. The number of carbonyl (C=O) groups is 5. The number of hydrogen-bond donors (Lipinski definition) is 5. The molecule has 152 valence electrons. The zero-order chi connectivity index (χ0) is 21.1. The van der Waals surface area contributed by atoms with E-state index in [1.807, 2.05) is 0 Å². The quantitative estimate of drug-likeness (QED) is 0.232. The molecule has 4 amide bonds. The van der Waals surface area contributed by atoms with Crippen molar-refractivity contribution in [2.45, 2.75) is 52.1 Å². The lowest BCUT2D eigenvalue weighted by Crippen LogP contribution is -2.54. The monoisotopic (exact) mass is 400 g/mol. The molecular weight excluding hydrogens is 372 g/mol. The Bertz CT molecular complexity index is 606. The summed E-state index contributed by atoms with van der Waals surface area (Å²) in [6.45, 7) is 8.74. The van der Waals surface area contributed by atoms with Crippen molar-refractivity contribution >= 4 is 41.4 Å². The summed E-state index contributed by atoms with van der Waals surface area (Å²) in [4.78, 5) is 57.9. The molecule has 0 aromatic carbocycles. The number of urea groups is 1. The van der Waals surface area contributed by atoms with E-state index in [1.54, 1.807) is 13.8 Å². The van der Waals surface area contributed by atoms with E-state index >= 15 is 0 Å². The molecule has 2 atom stereocenters. The summed E-state index contributed by atoms with van der Waals surface area (Å²) in [5.74, 6) is -1.59. The van der Waals surface area contributed by atoms with E-state index in [2.05, 4.69) is 35.2 Å². The molecule has 0 fully saturated rings. The van der Waals surface area contributed by atoms with E-state index in [1.165, 1.54) is 6.92 Å². The molecule has 0 aromatic heterocycles. The molecule has 0 rings (SSSR count). The number of ketones is 1. The molecule has 0 unspecified atom stereocenters. The van der Waals surface area contributed by atoms with Crippen molar-refractivity contribution in [2.75, 3.05) is 6.54 Å². The maximum atomic E-state index is 12.6. The first-order chi connectivity index (χ1) is 12.5. The molecule has 0 spiro atoms. The van der Waals surface area contributed by atoms with Crippen molar-refractivity contribution in [3.8, 4) is 0 Å². The fourth-order valence-corrected chi connectivity index (χ4v) is 2.33. The normalized spacial score (nSPS) is 12.6. The average Bonchev–Trinajstić information content (AvgIpc) is 2.54. The Balaban J connectivity index is 4.95. The minimum Gasteiger partial charge on any atom is -0.352 e. The second-order valence-corrected chi connectivity index (χ2v) is 6.93. The Hall–Kier alpha value is -2.36. The van der Waals surface area contributed by atoms with Crippen LogP contribution in [0, 0.1) is 5.92 Å². The van der Waals surface area contributed by atoms with Crippen LogP contribution >= 0.6 is 12.6 Å². The number of primary amides is 1. The third-order valence-corrected chi connectivity index (χ3v) is 3.90. The Morgan fingerprint density at radius 1 is 1.04 bits per heavy atom. The summed E-state index contributed by atoms with van der Waals surface area (Å²) >= 11 is 3.60. The molecule has 0 saturated heterocycles. The van der Waals surface area contributed by atoms with Gasteiger partial charge >= 0.3 is 6.03 Å². The van der Waals surface area contributed by atoms with Crippen LogP contribution in [0.3, 0.4) is 0 Å². The second kappa shape index (κ2) is 12.1. The van der Waals surface area contributed by atoms with Crippen LogP contribution in [0.25, 0.3) is 0 Å². The van der Waals surface area contributed by atoms with Gasteiger partial charge in [0.15, 0.2) is 10.9 Å². The van der Waals surface area contributed by atoms with Gasteiger partial charge in [0.05, 0.1) is 0 Å². The third-order valence-electron chi connectivity index (χ3n) is 3.68. The maximum absolute atomic E-state index is 12.6. The van der Waals surface area contributed by atoms with Gasteiger partial charge in [-0.15, -0.1) is 12.6 Å². The number of rotatable bonds is 12. The number of nitrogens with one attached hydrogen (secondary N) is 3. The molecule has 0 aliphatic carbocycles. The molecule has 0 heterocycles. The highest BCUT2D eigenvalue weighted by Gasteiger charge is 2.28. The van der Waals surface area contributed by atoms with Crippen molar-refractivity contribution in [3.05, 3.63) is 12.2 Å². The number of amides is 4. The molecule has 0 aliphatic heterocycles. The van der Waals surface area contributed by atoms with E-state index < -0.39 is 35.0 Å². The van der Waals surface area contributed by atoms with Gasteiger partial charge in [0.25, 0.3) is 0 Å². The lowest BCUT2D eigenvalue weighted by atomic mass is 9.99. The van der Waals surface area contributed by atoms with Crippen molar-refractivity contribution < 1.29 is 24.0 Å². The molecule has 0 saturated carbocycles. The highest BCUT2D eigenvalue weighted by Crippen LogP contribution is 2.09. The van der Waals surface area contributed by atoms with E-state index in [4.69, 9.17) is 5.73 Å². The highest BCUT2D eigenvalue weighted by atomic mass is 32.1. The van der Waals surface area contributed by atoms with Gasteiger partial charge in [-0.05, 0) is 24.8 Å². The molecule has 0 bridgehead atoms. The first-order valence-corrected chi connectivity index (χ1v) is 8.93. The topological polar surface area (TPSA) is 147 Å². The van der Waals surface area contributed by atoms with Crippen LogP contribution in [0.1, 0.15) is 40.0 Å². The summed E-state index contributed by atoms with van der Waals surface area (Å²) < 4.78 is 0. The minimum atomic E-state index is -0.954. The first-order valence-electron chi connectivity index (χ1n) is 8.48. The number of nitrogens with two attached hydrogens (primary N) is 1. The van der Waals surface area contributed by atoms with Crippen LogP contribution in [-0.4, -0.2) is 47.4 Å². The van der Waals surface area contributed by atoms with Crippen LogP contribution in [-0.2, 0) is 19.2 Å². The van der Waals surface area contributed by atoms with Crippen LogP contribution < -0.4 is 21.7 Å². The smallest absolute Gasteiger partial charge is 0.312 e. The molecule has 5 N–H and O–H groups in total. The summed E-state index contributed by atoms with van der Waals surface area (Å²) in [5, 5.41) is 7.09. The standard InChI is InChI=1S/C17H28N4O5S/c1-9(2)14(20-12(23)5-6-13(24)27)16(25)21-15(11(4)22)10(3)7-8-19-17(18)26/h9,14-15H,3,5-8H2,1-2,4H3,(H,20,23)(H,21,25)(H,24,27)(H3,18,19,26)/t14-,15-/m0/s1. The van der Waals surface area contributed by atoms with Gasteiger partial charge in [0.2, 0.25) is 11.8 Å². The molecule has 27 heavy (non-hydrogen) atoms. The molecule has 9 nitrogen and oxygen atoms in total. The van der Waals surface area contributed by atoms with Gasteiger partial charge in [-0.25, -0.2) is 4.79 Å². The van der Waals surface area contributed by atoms with Gasteiger partial charge in [-0.3, -0.25) is 19.2 Å². The van der Waals surface area contributed by atoms with Crippen LogP contribution in [0.4, 0.5) is 4.79 Å². The van der Waals surface area contributed by atoms with Gasteiger partial charge in [-0.1, -0.05) is 20.4 Å². The molecule has 0 aliphatic rings. The predicted octanol–water partition coefficient (Wildman–Crippen LogP) is 0.0522. The zero-order valence-corrected chi connectivity index (χ0v) is 16.7. The predicted molar refractivity (Wildman–Crippen MR) is 104 cm³/mol. The zero-order valence-electron chi connectivity index (χ0n) is 15.8. The maximum Gasteiger partial charge on any atom is 0.312 e. The SMILES string of the molecule is C=C(CCNC(N)=O)[C@H](NC(=O)[C@@H](NC(=O)CCC(=O)S)C(C)C)C(C)=O. The van der Waals surface area contributed by atoms with Crippen molar-refractivity contribution in [1.29, 1.82) is 0 Å². The number of thiol groups is 1. The third kappa shape index (κ3) is 10.4. The van der Waals surface area contributed by atoms with Crippen LogP contribution in [0.5, 0.6) is 0 Å². The second-order valence-electron chi connectivity index (χ2n) is 6.43. The Morgan fingerprint density at radius 3 is 2.07 bits per heavy atom. The fourth-order valence-electron chi connectivity index (χ4n) is 2.21. The Labute approximate surface area is 164 Å². The van der Waals surface area contributed by atoms with Crippen LogP contribution in [0.15, 0.2) is 12.2 Å². The first kappa shape index (κ1) is 24.6. The van der Waals surface area contributed by atoms with E-state index in [9.17, 15) is 24.0 Å². The molecular formula is C17H28N4O5S. The number of Topliss-reactive ketones (excluding diaryl/α,β-unsaturated/α-hetero) is 1. The van der Waals surface area contributed by atoms with Gasteiger partial charge in [0, 0.05) is 19.4 Å². The largest absolute Gasteiger partial charge is 0.352 e. The Kier molecular flexibility index (Phi) is 11.0. The van der Waals surface area contributed by atoms with Crippen molar-refractivity contribution in [2.24, 2.45) is 11.7 Å².